The first-order valence-electron chi connectivity index (χ1n) is 7.49. The molecule has 1 heterocycles. The van der Waals surface area contributed by atoms with Crippen LogP contribution in [0.4, 0.5) is 14.5 Å². The van der Waals surface area contributed by atoms with E-state index in [1.807, 2.05) is 24.3 Å². The van der Waals surface area contributed by atoms with Gasteiger partial charge >= 0.3 is 6.61 Å². The van der Waals surface area contributed by atoms with Crippen LogP contribution in [0.2, 0.25) is 0 Å². The van der Waals surface area contributed by atoms with E-state index in [1.54, 1.807) is 19.1 Å². The van der Waals surface area contributed by atoms with Crippen LogP contribution in [0.25, 0.3) is 11.0 Å². The number of alkyl halides is 2. The van der Waals surface area contributed by atoms with Crippen molar-refractivity contribution in [3.63, 3.8) is 0 Å². The summed E-state index contributed by atoms with van der Waals surface area (Å²) in [6.45, 7) is -1.25. The molecule has 0 fully saturated rings. The lowest BCUT2D eigenvalue weighted by Gasteiger charge is -2.14. The third-order valence-corrected chi connectivity index (χ3v) is 4.37. The molecule has 25 heavy (non-hydrogen) atoms. The molecule has 0 spiro atoms. The number of benzene rings is 2. The van der Waals surface area contributed by atoms with Crippen molar-refractivity contribution >= 4 is 34.4 Å². The normalized spacial score (nSPS) is 12.3. The Morgan fingerprint density at radius 1 is 1.20 bits per heavy atom. The summed E-state index contributed by atoms with van der Waals surface area (Å²) in [5, 5.41) is 2.74. The topological polar surface area (TPSA) is 67.0 Å². The molecule has 1 amide bonds. The van der Waals surface area contributed by atoms with E-state index < -0.39 is 11.9 Å². The van der Waals surface area contributed by atoms with Crippen molar-refractivity contribution in [2.24, 2.45) is 0 Å². The first-order valence-corrected chi connectivity index (χ1v) is 8.37. The highest BCUT2D eigenvalue weighted by Gasteiger charge is 2.19. The van der Waals surface area contributed by atoms with E-state index in [0.717, 1.165) is 11.0 Å². The number of rotatable bonds is 6. The van der Waals surface area contributed by atoms with Crippen LogP contribution in [0.3, 0.4) is 0 Å². The number of amides is 1. The Morgan fingerprint density at radius 3 is 2.68 bits per heavy atom. The molecule has 5 nitrogen and oxygen atoms in total. The van der Waals surface area contributed by atoms with Crippen molar-refractivity contribution < 1.29 is 18.3 Å². The number of H-pyrrole nitrogens is 1. The second-order valence-electron chi connectivity index (χ2n) is 5.18. The quantitative estimate of drug-likeness (QED) is 0.642. The number of carbonyl (C=O) groups is 1. The van der Waals surface area contributed by atoms with Crippen molar-refractivity contribution in [2.75, 3.05) is 5.32 Å². The number of halogens is 2. The van der Waals surface area contributed by atoms with E-state index in [4.69, 9.17) is 0 Å². The van der Waals surface area contributed by atoms with Crippen LogP contribution in [0.5, 0.6) is 5.75 Å². The minimum absolute atomic E-state index is 0.0770. The fourth-order valence-electron chi connectivity index (χ4n) is 2.21. The average Bonchev–Trinajstić information content (AvgIpc) is 2.98. The number of aromatic nitrogens is 2. The molecule has 130 valence electrons. The lowest BCUT2D eigenvalue weighted by Crippen LogP contribution is -2.23. The van der Waals surface area contributed by atoms with Gasteiger partial charge < -0.3 is 15.0 Å². The number of carbonyl (C=O) groups excluding carboxylic acids is 1. The van der Waals surface area contributed by atoms with Crippen LogP contribution in [-0.2, 0) is 4.79 Å². The number of nitrogens with zero attached hydrogens (tertiary/aromatic N) is 1. The summed E-state index contributed by atoms with van der Waals surface area (Å²) in [5.74, 6) is -0.414. The molecule has 1 atom stereocenters. The van der Waals surface area contributed by atoms with Crippen LogP contribution in [-0.4, -0.2) is 27.7 Å². The van der Waals surface area contributed by atoms with E-state index >= 15 is 0 Å². The van der Waals surface area contributed by atoms with Gasteiger partial charge in [0.1, 0.15) is 5.75 Å². The van der Waals surface area contributed by atoms with Crippen LogP contribution in [0.15, 0.2) is 53.7 Å². The minimum Gasteiger partial charge on any atom is -0.433 e. The summed E-state index contributed by atoms with van der Waals surface area (Å²) in [6, 6.07) is 13.6. The molecular weight excluding hydrogens is 348 g/mol. The molecule has 0 aliphatic heterocycles. The summed E-state index contributed by atoms with van der Waals surface area (Å²) in [6.07, 6.45) is 0. The summed E-state index contributed by atoms with van der Waals surface area (Å²) >= 11 is 1.25. The zero-order valence-corrected chi connectivity index (χ0v) is 14.0. The van der Waals surface area contributed by atoms with Gasteiger partial charge in [-0.15, -0.1) is 0 Å². The van der Waals surface area contributed by atoms with Crippen LogP contribution >= 0.6 is 11.8 Å². The summed E-state index contributed by atoms with van der Waals surface area (Å²) in [5.41, 5.74) is 1.89. The van der Waals surface area contributed by atoms with E-state index in [0.29, 0.717) is 5.16 Å². The number of aromatic amines is 1. The molecule has 3 aromatic rings. The molecule has 8 heteroatoms. The van der Waals surface area contributed by atoms with Crippen LogP contribution < -0.4 is 10.1 Å². The second-order valence-corrected chi connectivity index (χ2v) is 6.51. The highest BCUT2D eigenvalue weighted by Crippen LogP contribution is 2.28. The number of para-hydroxylation sites is 4. The molecule has 0 saturated heterocycles. The minimum atomic E-state index is -2.96. The zero-order valence-electron chi connectivity index (χ0n) is 13.2. The number of imidazole rings is 1. The fraction of sp³-hybridized carbons (Fsp3) is 0.176. The number of hydrogen-bond donors (Lipinski definition) is 2. The Balaban J connectivity index is 1.68. The first kappa shape index (κ1) is 17.2. The Labute approximate surface area is 146 Å². The maximum Gasteiger partial charge on any atom is 0.387 e. The Kier molecular flexibility index (Phi) is 5.18. The summed E-state index contributed by atoms with van der Waals surface area (Å²) in [4.78, 5) is 19.9. The van der Waals surface area contributed by atoms with Gasteiger partial charge in [0.15, 0.2) is 5.16 Å². The van der Waals surface area contributed by atoms with Crippen molar-refractivity contribution in [1.82, 2.24) is 9.97 Å². The number of anilines is 1. The number of ether oxygens (including phenoxy) is 1. The molecule has 3 rings (SSSR count). The fourth-order valence-corrected chi connectivity index (χ4v) is 3.03. The summed E-state index contributed by atoms with van der Waals surface area (Å²) in [7, 11) is 0. The van der Waals surface area contributed by atoms with Crippen molar-refractivity contribution in [3.8, 4) is 5.75 Å². The van der Waals surface area contributed by atoms with E-state index in [1.165, 1.54) is 23.9 Å². The molecule has 0 aliphatic rings. The van der Waals surface area contributed by atoms with Crippen LogP contribution in [0.1, 0.15) is 6.92 Å². The lowest BCUT2D eigenvalue weighted by atomic mass is 10.3. The maximum absolute atomic E-state index is 12.4. The first-order chi connectivity index (χ1) is 12.0. The second kappa shape index (κ2) is 7.52. The Bertz CT molecular complexity index is 852. The highest BCUT2D eigenvalue weighted by atomic mass is 32.2. The summed E-state index contributed by atoms with van der Waals surface area (Å²) < 4.78 is 29.3. The number of nitrogens with one attached hydrogen (secondary N) is 2. The van der Waals surface area contributed by atoms with Crippen molar-refractivity contribution in [2.45, 2.75) is 23.9 Å². The van der Waals surface area contributed by atoms with Crippen LogP contribution in [0, 0.1) is 0 Å². The highest BCUT2D eigenvalue weighted by molar-refractivity contribution is 8.00. The third-order valence-electron chi connectivity index (χ3n) is 3.39. The molecule has 0 radical (unpaired) electrons. The van der Waals surface area contributed by atoms with E-state index in [-0.39, 0.29) is 17.3 Å². The number of thioether (sulfide) groups is 1. The largest absolute Gasteiger partial charge is 0.433 e. The predicted molar refractivity (Wildman–Crippen MR) is 93.1 cm³/mol. The Morgan fingerprint density at radius 2 is 1.92 bits per heavy atom. The molecule has 2 N–H and O–H groups in total. The van der Waals surface area contributed by atoms with E-state index in [9.17, 15) is 13.6 Å². The predicted octanol–water partition coefficient (Wildman–Crippen LogP) is 4.28. The van der Waals surface area contributed by atoms with Gasteiger partial charge in [-0.05, 0) is 31.2 Å². The molecule has 0 aliphatic carbocycles. The molecular formula is C17H15F2N3O2S. The molecule has 0 unspecified atom stereocenters. The zero-order chi connectivity index (χ0) is 17.8. The smallest absolute Gasteiger partial charge is 0.387 e. The SMILES string of the molecule is C[C@H](Sc1nc2ccccc2[nH]1)C(=O)Nc1ccccc1OC(F)F. The molecule has 0 saturated carbocycles. The van der Waals surface area contributed by atoms with Crippen molar-refractivity contribution in [3.05, 3.63) is 48.5 Å². The number of fused-ring (bicyclic) bond motifs is 1. The van der Waals surface area contributed by atoms with Gasteiger partial charge in [0.2, 0.25) is 5.91 Å². The van der Waals surface area contributed by atoms with Gasteiger partial charge in [0.25, 0.3) is 0 Å². The third kappa shape index (κ3) is 4.27. The monoisotopic (exact) mass is 363 g/mol. The number of hydrogen-bond acceptors (Lipinski definition) is 4. The molecule has 1 aromatic heterocycles. The lowest BCUT2D eigenvalue weighted by molar-refractivity contribution is -0.115. The van der Waals surface area contributed by atoms with Gasteiger partial charge in [-0.2, -0.15) is 8.78 Å². The standard InChI is InChI=1S/C17H15F2N3O2S/c1-10(25-17-21-11-6-2-3-7-12(11)22-17)15(23)20-13-8-4-5-9-14(13)24-16(18)19/h2-10,16H,1H3,(H,20,23)(H,21,22)/t10-/m0/s1. The van der Waals surface area contributed by atoms with E-state index in [2.05, 4.69) is 20.0 Å². The van der Waals surface area contributed by atoms with Gasteiger partial charge in [0, 0.05) is 0 Å². The average molecular weight is 363 g/mol. The molecule has 0 bridgehead atoms. The van der Waals surface area contributed by atoms with Gasteiger partial charge in [-0.25, -0.2) is 4.98 Å². The Hall–Kier alpha value is -2.61. The maximum atomic E-state index is 12.4. The van der Waals surface area contributed by atoms with Gasteiger partial charge in [-0.1, -0.05) is 36.0 Å². The van der Waals surface area contributed by atoms with Crippen molar-refractivity contribution in [1.29, 1.82) is 0 Å². The molecule has 2 aromatic carbocycles. The van der Waals surface area contributed by atoms with Gasteiger partial charge in [0.05, 0.1) is 22.0 Å². The van der Waals surface area contributed by atoms with Gasteiger partial charge in [-0.3, -0.25) is 4.79 Å².